The third kappa shape index (κ3) is 3.04. The maximum absolute atomic E-state index is 4.15. The molecule has 2 rings (SSSR count). The minimum atomic E-state index is 0.473. The van der Waals surface area contributed by atoms with Crippen molar-refractivity contribution in [1.82, 2.24) is 0 Å². The van der Waals surface area contributed by atoms with Crippen molar-refractivity contribution in [1.29, 1.82) is 0 Å². The van der Waals surface area contributed by atoms with Crippen molar-refractivity contribution in [3.05, 3.63) is 47.5 Å². The standard InChI is InChI=1S/C18H26/c1-5-18(12-14(2)3,17-10-11-17)13-16-8-6-15(4)7-9-16/h6-9,17H,2,5,10-13H2,1,3-4H3/t18-/m1/s1. The van der Waals surface area contributed by atoms with Crippen molar-refractivity contribution in [3.63, 3.8) is 0 Å². The monoisotopic (exact) mass is 242 g/mol. The first-order valence-corrected chi connectivity index (χ1v) is 7.25. The lowest BCUT2D eigenvalue weighted by molar-refractivity contribution is 0.222. The normalized spacial score (nSPS) is 18.4. The summed E-state index contributed by atoms with van der Waals surface area (Å²) in [6.07, 6.45) is 6.54. The molecule has 0 amide bonds. The highest BCUT2D eigenvalue weighted by Gasteiger charge is 2.43. The van der Waals surface area contributed by atoms with E-state index in [0.717, 1.165) is 5.92 Å². The molecule has 1 atom stereocenters. The van der Waals surface area contributed by atoms with E-state index in [0.29, 0.717) is 5.41 Å². The van der Waals surface area contributed by atoms with Gasteiger partial charge in [-0.05, 0) is 62.8 Å². The summed E-state index contributed by atoms with van der Waals surface area (Å²) in [5.41, 5.74) is 4.67. The molecule has 0 spiro atoms. The summed E-state index contributed by atoms with van der Waals surface area (Å²) in [5, 5.41) is 0. The fourth-order valence-corrected chi connectivity index (χ4v) is 3.30. The summed E-state index contributed by atoms with van der Waals surface area (Å²) in [5.74, 6) is 0.931. The van der Waals surface area contributed by atoms with Gasteiger partial charge in [0.25, 0.3) is 0 Å². The Kier molecular flexibility index (Phi) is 3.94. The lowest BCUT2D eigenvalue weighted by Gasteiger charge is -2.34. The van der Waals surface area contributed by atoms with Gasteiger partial charge in [0.05, 0.1) is 0 Å². The van der Waals surface area contributed by atoms with E-state index in [-0.39, 0.29) is 0 Å². The van der Waals surface area contributed by atoms with Crippen LogP contribution in [-0.4, -0.2) is 0 Å². The lowest BCUT2D eigenvalue weighted by Crippen LogP contribution is -2.26. The van der Waals surface area contributed by atoms with Gasteiger partial charge in [-0.2, -0.15) is 0 Å². The van der Waals surface area contributed by atoms with E-state index in [1.165, 1.54) is 48.8 Å². The van der Waals surface area contributed by atoms with Crippen LogP contribution in [0.2, 0.25) is 0 Å². The number of rotatable bonds is 6. The number of hydrogen-bond acceptors (Lipinski definition) is 0. The van der Waals surface area contributed by atoms with E-state index in [1.807, 2.05) is 0 Å². The zero-order valence-corrected chi connectivity index (χ0v) is 12.1. The second-order valence-corrected chi connectivity index (χ2v) is 6.29. The van der Waals surface area contributed by atoms with Crippen LogP contribution < -0.4 is 0 Å². The average Bonchev–Trinajstić information content (AvgIpc) is 3.15. The maximum Gasteiger partial charge on any atom is -0.0194 e. The highest BCUT2D eigenvalue weighted by Crippen LogP contribution is 2.52. The quantitative estimate of drug-likeness (QED) is 0.593. The molecule has 0 N–H and O–H groups in total. The van der Waals surface area contributed by atoms with E-state index in [4.69, 9.17) is 0 Å². The van der Waals surface area contributed by atoms with Crippen LogP contribution in [0.15, 0.2) is 36.4 Å². The Morgan fingerprint density at radius 3 is 2.33 bits per heavy atom. The van der Waals surface area contributed by atoms with Crippen LogP contribution in [0, 0.1) is 18.3 Å². The van der Waals surface area contributed by atoms with Crippen molar-refractivity contribution in [2.45, 2.75) is 52.9 Å². The molecule has 1 saturated carbocycles. The molecule has 0 bridgehead atoms. The van der Waals surface area contributed by atoms with Gasteiger partial charge in [-0.25, -0.2) is 0 Å². The van der Waals surface area contributed by atoms with E-state index >= 15 is 0 Å². The highest BCUT2D eigenvalue weighted by molar-refractivity contribution is 5.23. The summed E-state index contributed by atoms with van der Waals surface area (Å²) in [4.78, 5) is 0. The molecule has 0 aliphatic heterocycles. The Morgan fingerprint density at radius 1 is 1.28 bits per heavy atom. The zero-order valence-electron chi connectivity index (χ0n) is 12.1. The summed E-state index contributed by atoms with van der Waals surface area (Å²) in [7, 11) is 0. The second-order valence-electron chi connectivity index (χ2n) is 6.29. The maximum atomic E-state index is 4.15. The van der Waals surface area contributed by atoms with Gasteiger partial charge in [0.2, 0.25) is 0 Å². The van der Waals surface area contributed by atoms with Crippen LogP contribution >= 0.6 is 0 Å². The topological polar surface area (TPSA) is 0 Å². The van der Waals surface area contributed by atoms with E-state index in [9.17, 15) is 0 Å². The van der Waals surface area contributed by atoms with Gasteiger partial charge < -0.3 is 0 Å². The van der Waals surface area contributed by atoms with Crippen molar-refractivity contribution in [2.24, 2.45) is 11.3 Å². The molecule has 0 radical (unpaired) electrons. The molecule has 0 heterocycles. The first-order valence-electron chi connectivity index (χ1n) is 7.25. The molecule has 1 aliphatic carbocycles. The van der Waals surface area contributed by atoms with Gasteiger partial charge in [-0.3, -0.25) is 0 Å². The van der Waals surface area contributed by atoms with Crippen LogP contribution in [0.1, 0.15) is 50.7 Å². The molecule has 0 heteroatoms. The summed E-state index contributed by atoms with van der Waals surface area (Å²) >= 11 is 0. The molecule has 1 aromatic carbocycles. The van der Waals surface area contributed by atoms with Crippen LogP contribution in [0.3, 0.4) is 0 Å². The molecule has 1 fully saturated rings. The number of benzene rings is 1. The van der Waals surface area contributed by atoms with Crippen molar-refractivity contribution in [2.75, 3.05) is 0 Å². The molecule has 0 unspecified atom stereocenters. The summed E-state index contributed by atoms with van der Waals surface area (Å²) in [6, 6.07) is 9.09. The minimum absolute atomic E-state index is 0.473. The Bertz CT molecular complexity index is 408. The molecule has 1 aliphatic rings. The fraction of sp³-hybridized carbons (Fsp3) is 0.556. The van der Waals surface area contributed by atoms with Gasteiger partial charge in [0.15, 0.2) is 0 Å². The lowest BCUT2D eigenvalue weighted by atomic mass is 9.71. The van der Waals surface area contributed by atoms with Gasteiger partial charge in [0, 0.05) is 0 Å². The Balaban J connectivity index is 2.18. The van der Waals surface area contributed by atoms with Crippen molar-refractivity contribution in [3.8, 4) is 0 Å². The molecular weight excluding hydrogens is 216 g/mol. The van der Waals surface area contributed by atoms with E-state index < -0.39 is 0 Å². The van der Waals surface area contributed by atoms with Crippen LogP contribution in [-0.2, 0) is 6.42 Å². The Labute approximate surface area is 112 Å². The predicted molar refractivity (Wildman–Crippen MR) is 79.8 cm³/mol. The second kappa shape index (κ2) is 5.30. The Hall–Kier alpha value is -1.04. The smallest absolute Gasteiger partial charge is 0.0194 e. The van der Waals surface area contributed by atoms with E-state index in [2.05, 4.69) is 51.6 Å². The van der Waals surface area contributed by atoms with Gasteiger partial charge in [0.1, 0.15) is 0 Å². The van der Waals surface area contributed by atoms with E-state index in [1.54, 1.807) is 0 Å². The number of aryl methyl sites for hydroxylation is 1. The van der Waals surface area contributed by atoms with Gasteiger partial charge >= 0.3 is 0 Å². The zero-order chi connectivity index (χ0) is 13.2. The minimum Gasteiger partial charge on any atom is -0.100 e. The average molecular weight is 242 g/mol. The van der Waals surface area contributed by atoms with Crippen molar-refractivity contribution < 1.29 is 0 Å². The summed E-state index contributed by atoms with van der Waals surface area (Å²) < 4.78 is 0. The van der Waals surface area contributed by atoms with Crippen LogP contribution in [0.25, 0.3) is 0 Å². The largest absolute Gasteiger partial charge is 0.100 e. The van der Waals surface area contributed by atoms with Crippen LogP contribution in [0.5, 0.6) is 0 Å². The predicted octanol–water partition coefficient (Wildman–Crippen LogP) is 5.31. The number of hydrogen-bond donors (Lipinski definition) is 0. The fourth-order valence-electron chi connectivity index (χ4n) is 3.30. The molecule has 0 saturated heterocycles. The Morgan fingerprint density at radius 2 is 1.89 bits per heavy atom. The SMILES string of the molecule is C=C(C)C[C@](CC)(Cc1ccc(C)cc1)C1CC1. The molecule has 0 nitrogen and oxygen atoms in total. The molecule has 18 heavy (non-hydrogen) atoms. The molecular formula is C18H26. The molecule has 1 aromatic rings. The number of allylic oxidation sites excluding steroid dienone is 1. The first-order chi connectivity index (χ1) is 8.55. The van der Waals surface area contributed by atoms with Crippen LogP contribution in [0.4, 0.5) is 0 Å². The van der Waals surface area contributed by atoms with Crippen molar-refractivity contribution >= 4 is 0 Å². The van der Waals surface area contributed by atoms with Gasteiger partial charge in [-0.1, -0.05) is 42.3 Å². The highest BCUT2D eigenvalue weighted by atomic mass is 14.5. The van der Waals surface area contributed by atoms with Gasteiger partial charge in [-0.15, -0.1) is 6.58 Å². The molecule has 98 valence electrons. The summed E-state index contributed by atoms with van der Waals surface area (Å²) in [6.45, 7) is 10.9. The third-order valence-corrected chi connectivity index (χ3v) is 4.48. The molecule has 0 aromatic heterocycles. The third-order valence-electron chi connectivity index (χ3n) is 4.48. The first kappa shape index (κ1) is 13.4.